The number of hydrogen-bond donors (Lipinski definition) is 0. The van der Waals surface area contributed by atoms with Crippen LogP contribution in [0.3, 0.4) is 0 Å². The van der Waals surface area contributed by atoms with Crippen LogP contribution in [0.5, 0.6) is 0 Å². The molecule has 1 aliphatic carbocycles. The van der Waals surface area contributed by atoms with Crippen LogP contribution in [-0.4, -0.2) is 28.0 Å². The minimum atomic E-state index is -3.49. The predicted octanol–water partition coefficient (Wildman–Crippen LogP) is 3.91. The third kappa shape index (κ3) is 3.29. The Morgan fingerprint density at radius 1 is 1.38 bits per heavy atom. The van der Waals surface area contributed by atoms with Gasteiger partial charge < -0.3 is 10.1 Å². The van der Waals surface area contributed by atoms with Gasteiger partial charge in [0.2, 0.25) is 5.65 Å². The summed E-state index contributed by atoms with van der Waals surface area (Å²) < 4.78 is 27.0. The lowest BCUT2D eigenvalue weighted by molar-refractivity contribution is -0.391. The molecule has 0 amide bonds. The van der Waals surface area contributed by atoms with Gasteiger partial charge in [-0.1, -0.05) is 30.9 Å². The lowest BCUT2D eigenvalue weighted by atomic mass is 10.0. The number of imidazole rings is 1. The van der Waals surface area contributed by atoms with E-state index in [9.17, 15) is 18.5 Å². The normalized spacial score (nSPS) is 16.6. The molecule has 130 valence electrons. The maximum absolute atomic E-state index is 12.6. The SMILES string of the molecule is O=[N+]([O-])c1c(CS(=O)(=O)C2CCCCC2)nc2c(Br)cc(Cl)cn12. The molecule has 10 heteroatoms. The van der Waals surface area contributed by atoms with E-state index >= 15 is 0 Å². The molecule has 1 fully saturated rings. The van der Waals surface area contributed by atoms with Crippen molar-refractivity contribution in [2.24, 2.45) is 0 Å². The van der Waals surface area contributed by atoms with Crippen LogP contribution in [0, 0.1) is 10.1 Å². The molecular weight excluding hydrogens is 422 g/mol. The van der Waals surface area contributed by atoms with Crippen LogP contribution >= 0.6 is 27.5 Å². The zero-order valence-electron chi connectivity index (χ0n) is 12.6. The summed E-state index contributed by atoms with van der Waals surface area (Å²) in [5.41, 5.74) is 0.230. The van der Waals surface area contributed by atoms with Gasteiger partial charge in [-0.3, -0.25) is 0 Å². The molecule has 0 aliphatic heterocycles. The van der Waals surface area contributed by atoms with E-state index < -0.39 is 25.8 Å². The van der Waals surface area contributed by atoms with Crippen LogP contribution in [-0.2, 0) is 15.6 Å². The molecule has 0 aromatic carbocycles. The van der Waals surface area contributed by atoms with Crippen molar-refractivity contribution in [2.75, 3.05) is 0 Å². The number of rotatable bonds is 4. The number of pyridine rings is 1. The molecule has 1 saturated carbocycles. The van der Waals surface area contributed by atoms with E-state index in [0.717, 1.165) is 19.3 Å². The summed E-state index contributed by atoms with van der Waals surface area (Å²) in [6.45, 7) is 0. The maximum Gasteiger partial charge on any atom is 0.352 e. The van der Waals surface area contributed by atoms with Gasteiger partial charge in [0.25, 0.3) is 0 Å². The Labute approximate surface area is 152 Å². The van der Waals surface area contributed by atoms with Crippen LogP contribution in [0.2, 0.25) is 5.02 Å². The molecular formula is C14H15BrClN3O4S. The first-order valence-corrected chi connectivity index (χ1v) is 10.4. The molecule has 0 N–H and O–H groups in total. The first kappa shape index (κ1) is 17.6. The Balaban J connectivity index is 2.07. The van der Waals surface area contributed by atoms with Gasteiger partial charge in [-0.15, -0.1) is 0 Å². The zero-order chi connectivity index (χ0) is 17.5. The number of hydrogen-bond acceptors (Lipinski definition) is 5. The van der Waals surface area contributed by atoms with Crippen molar-refractivity contribution in [1.29, 1.82) is 0 Å². The molecule has 24 heavy (non-hydrogen) atoms. The highest BCUT2D eigenvalue weighted by molar-refractivity contribution is 9.10. The third-order valence-corrected chi connectivity index (χ3v) is 7.21. The van der Waals surface area contributed by atoms with Crippen molar-refractivity contribution in [2.45, 2.75) is 43.1 Å². The number of aromatic nitrogens is 2. The molecule has 0 saturated heterocycles. The fourth-order valence-electron chi connectivity index (χ4n) is 3.13. The number of fused-ring (bicyclic) bond motifs is 1. The molecule has 3 rings (SSSR count). The molecule has 0 spiro atoms. The summed E-state index contributed by atoms with van der Waals surface area (Å²) in [5.74, 6) is -0.785. The van der Waals surface area contributed by atoms with Crippen LogP contribution in [0.15, 0.2) is 16.7 Å². The van der Waals surface area contributed by atoms with Gasteiger partial charge in [0, 0.05) is 0 Å². The highest BCUT2D eigenvalue weighted by atomic mass is 79.9. The predicted molar refractivity (Wildman–Crippen MR) is 94.1 cm³/mol. The Morgan fingerprint density at radius 2 is 2.04 bits per heavy atom. The van der Waals surface area contributed by atoms with E-state index in [2.05, 4.69) is 20.9 Å². The average molecular weight is 437 g/mol. The molecule has 0 bridgehead atoms. The molecule has 2 heterocycles. The second-order valence-corrected chi connectivity index (χ2v) is 9.48. The largest absolute Gasteiger partial charge is 0.358 e. The number of sulfone groups is 1. The van der Waals surface area contributed by atoms with Gasteiger partial charge in [-0.25, -0.2) is 13.4 Å². The van der Waals surface area contributed by atoms with Crippen LogP contribution < -0.4 is 0 Å². The molecule has 0 unspecified atom stereocenters. The van der Waals surface area contributed by atoms with Gasteiger partial charge in [0.05, 0.1) is 14.7 Å². The number of nitro groups is 1. The second-order valence-electron chi connectivity index (χ2n) is 5.91. The van der Waals surface area contributed by atoms with Gasteiger partial charge >= 0.3 is 5.82 Å². The van der Waals surface area contributed by atoms with Crippen molar-refractivity contribution in [3.63, 3.8) is 0 Å². The quantitative estimate of drug-likeness (QED) is 0.535. The van der Waals surface area contributed by atoms with Crippen molar-refractivity contribution in [3.8, 4) is 0 Å². The maximum atomic E-state index is 12.6. The van der Waals surface area contributed by atoms with Crippen molar-refractivity contribution in [3.05, 3.63) is 37.6 Å². The third-order valence-electron chi connectivity index (χ3n) is 4.26. The summed E-state index contributed by atoms with van der Waals surface area (Å²) in [6.07, 6.45) is 5.37. The standard InChI is InChI=1S/C14H15BrClN3O4S/c15-11-6-9(16)7-18-13(11)17-12(14(18)19(20)21)8-24(22,23)10-4-2-1-3-5-10/h6-7,10H,1-5,8H2. The summed E-state index contributed by atoms with van der Waals surface area (Å²) in [6, 6.07) is 1.56. The Morgan fingerprint density at radius 3 is 2.67 bits per heavy atom. The monoisotopic (exact) mass is 435 g/mol. The molecule has 0 radical (unpaired) electrons. The lowest BCUT2D eigenvalue weighted by Gasteiger charge is -2.21. The van der Waals surface area contributed by atoms with E-state index in [1.54, 1.807) is 6.07 Å². The first-order chi connectivity index (χ1) is 11.3. The van der Waals surface area contributed by atoms with Crippen molar-refractivity contribution < 1.29 is 13.3 Å². The highest BCUT2D eigenvalue weighted by Gasteiger charge is 2.33. The Bertz CT molecular complexity index is 906. The average Bonchev–Trinajstić information content (AvgIpc) is 2.86. The fourth-order valence-corrected chi connectivity index (χ4v) is 5.86. The minimum Gasteiger partial charge on any atom is -0.358 e. The molecule has 0 atom stereocenters. The number of halogens is 2. The molecule has 1 aliphatic rings. The second kappa shape index (κ2) is 6.61. The van der Waals surface area contributed by atoms with Crippen LogP contribution in [0.25, 0.3) is 5.65 Å². The topological polar surface area (TPSA) is 94.6 Å². The van der Waals surface area contributed by atoms with Gasteiger partial charge in [0.15, 0.2) is 15.5 Å². The summed E-state index contributed by atoms with van der Waals surface area (Å²) in [5, 5.41) is 11.3. The van der Waals surface area contributed by atoms with Crippen molar-refractivity contribution in [1.82, 2.24) is 9.38 Å². The highest BCUT2D eigenvalue weighted by Crippen LogP contribution is 2.32. The zero-order valence-corrected chi connectivity index (χ0v) is 15.8. The first-order valence-electron chi connectivity index (χ1n) is 7.51. The fraction of sp³-hybridized carbons (Fsp3) is 0.500. The van der Waals surface area contributed by atoms with E-state index in [4.69, 9.17) is 11.6 Å². The van der Waals surface area contributed by atoms with E-state index in [-0.39, 0.29) is 22.2 Å². The van der Waals surface area contributed by atoms with Crippen LogP contribution in [0.4, 0.5) is 5.82 Å². The van der Waals surface area contributed by atoms with E-state index in [1.165, 1.54) is 10.6 Å². The Hall–Kier alpha value is -1.19. The van der Waals surface area contributed by atoms with Gasteiger partial charge in [0.1, 0.15) is 11.9 Å². The Kier molecular flexibility index (Phi) is 4.85. The molecule has 7 nitrogen and oxygen atoms in total. The minimum absolute atomic E-state index is 0.0476. The van der Waals surface area contributed by atoms with E-state index in [1.807, 2.05) is 0 Å². The summed E-state index contributed by atoms with van der Waals surface area (Å²) >= 11 is 9.21. The lowest BCUT2D eigenvalue weighted by Crippen LogP contribution is -2.25. The van der Waals surface area contributed by atoms with E-state index in [0.29, 0.717) is 17.3 Å². The number of nitrogens with zero attached hydrogens (tertiary/aromatic N) is 3. The summed E-state index contributed by atoms with van der Waals surface area (Å²) in [4.78, 5) is 15.0. The molecule has 2 aromatic heterocycles. The van der Waals surface area contributed by atoms with Crippen molar-refractivity contribution >= 4 is 48.8 Å². The summed E-state index contributed by atoms with van der Waals surface area (Å²) in [7, 11) is -3.49. The molecule has 2 aromatic rings. The smallest absolute Gasteiger partial charge is 0.352 e. The van der Waals surface area contributed by atoms with Gasteiger partial charge in [-0.05, 0) is 39.8 Å². The van der Waals surface area contributed by atoms with Crippen LogP contribution in [0.1, 0.15) is 37.8 Å². The van der Waals surface area contributed by atoms with Gasteiger partial charge in [-0.2, -0.15) is 4.40 Å².